The van der Waals surface area contributed by atoms with Gasteiger partial charge in [0.2, 0.25) is 0 Å². The average molecular weight is 493 g/mol. The smallest absolute Gasteiger partial charge is 0.301 e. The van der Waals surface area contributed by atoms with Crippen LogP contribution in [0.25, 0.3) is 33.9 Å². The van der Waals surface area contributed by atoms with Crippen molar-refractivity contribution < 1.29 is 12.8 Å². The molecular formula is C25H25FN6O2S. The number of benzene rings is 2. The monoisotopic (exact) mass is 492 g/mol. The summed E-state index contributed by atoms with van der Waals surface area (Å²) in [6, 6.07) is 17.0. The van der Waals surface area contributed by atoms with E-state index in [9.17, 15) is 12.8 Å². The molecule has 5 rings (SSSR count). The van der Waals surface area contributed by atoms with Crippen LogP contribution in [0.5, 0.6) is 0 Å². The summed E-state index contributed by atoms with van der Waals surface area (Å²) >= 11 is 0. The molecule has 0 unspecified atom stereocenters. The first-order valence-electron chi connectivity index (χ1n) is 11.2. The van der Waals surface area contributed by atoms with Crippen LogP contribution in [0.15, 0.2) is 73.1 Å². The minimum absolute atomic E-state index is 0.315. The molecule has 0 amide bonds. The summed E-state index contributed by atoms with van der Waals surface area (Å²) in [6.07, 6.45) is 3.40. The third-order valence-corrected chi connectivity index (χ3v) is 7.54. The summed E-state index contributed by atoms with van der Waals surface area (Å²) in [4.78, 5) is 14.3. The molecule has 0 bridgehead atoms. The Bertz CT molecular complexity index is 1400. The van der Waals surface area contributed by atoms with Crippen molar-refractivity contribution in [1.29, 1.82) is 0 Å². The second-order valence-electron chi connectivity index (χ2n) is 8.44. The first kappa shape index (κ1) is 23.2. The van der Waals surface area contributed by atoms with Crippen LogP contribution in [-0.2, 0) is 10.2 Å². The molecule has 1 aliphatic heterocycles. The number of aromatic nitrogens is 3. The van der Waals surface area contributed by atoms with Crippen LogP contribution >= 0.6 is 0 Å². The van der Waals surface area contributed by atoms with Crippen molar-refractivity contribution in [3.05, 3.63) is 78.9 Å². The van der Waals surface area contributed by atoms with Crippen LogP contribution in [0.3, 0.4) is 0 Å². The number of H-pyrrole nitrogens is 1. The molecule has 0 spiro atoms. The van der Waals surface area contributed by atoms with E-state index in [-0.39, 0.29) is 5.82 Å². The molecule has 4 aromatic rings. The van der Waals surface area contributed by atoms with Gasteiger partial charge in [-0.15, -0.1) is 0 Å². The maximum Gasteiger partial charge on any atom is 0.301 e. The van der Waals surface area contributed by atoms with Gasteiger partial charge in [-0.3, -0.25) is 9.71 Å². The molecule has 2 aromatic heterocycles. The number of hydrogen-bond donors (Lipinski definition) is 2. The lowest BCUT2D eigenvalue weighted by atomic mass is 10.1. The van der Waals surface area contributed by atoms with Gasteiger partial charge in [0.1, 0.15) is 11.6 Å². The molecule has 10 heteroatoms. The zero-order chi connectivity index (χ0) is 24.4. The van der Waals surface area contributed by atoms with Gasteiger partial charge in [-0.05, 0) is 67.7 Å². The highest BCUT2D eigenvalue weighted by atomic mass is 32.2. The molecule has 0 atom stereocenters. The fraction of sp³-hybridized carbons (Fsp3) is 0.200. The van der Waals surface area contributed by atoms with Gasteiger partial charge >= 0.3 is 10.2 Å². The Hall–Kier alpha value is -3.60. The van der Waals surface area contributed by atoms with Crippen molar-refractivity contribution in [1.82, 2.24) is 24.2 Å². The number of nitrogens with zero attached hydrogens (tertiary/aromatic N) is 4. The van der Waals surface area contributed by atoms with E-state index in [1.807, 2.05) is 31.3 Å². The number of aromatic amines is 1. The predicted octanol–water partition coefficient (Wildman–Crippen LogP) is 3.85. The van der Waals surface area contributed by atoms with E-state index in [1.54, 1.807) is 36.7 Å². The van der Waals surface area contributed by atoms with Crippen molar-refractivity contribution in [3.63, 3.8) is 0 Å². The van der Waals surface area contributed by atoms with Gasteiger partial charge < -0.3 is 9.88 Å². The normalized spacial score (nSPS) is 15.3. The van der Waals surface area contributed by atoms with E-state index in [4.69, 9.17) is 4.98 Å². The number of imidazole rings is 1. The second-order valence-corrected chi connectivity index (χ2v) is 10.1. The molecule has 1 aliphatic rings. The molecular weight excluding hydrogens is 467 g/mol. The fourth-order valence-electron chi connectivity index (χ4n) is 3.99. The molecule has 3 heterocycles. The number of halogens is 1. The SMILES string of the molecule is CN1CCN(S(=O)(=O)Nc2ccc(-c3nc(-c4ccc(F)cc4)c(-c4ccncc4)[nH]3)cc2)CC1. The van der Waals surface area contributed by atoms with Crippen molar-refractivity contribution >= 4 is 15.9 Å². The number of likely N-dealkylation sites (N-methyl/N-ethyl adjacent to an activating group) is 1. The summed E-state index contributed by atoms with van der Waals surface area (Å²) < 4.78 is 43.1. The Kier molecular flexibility index (Phi) is 6.33. The van der Waals surface area contributed by atoms with Gasteiger partial charge in [0, 0.05) is 61.0 Å². The lowest BCUT2D eigenvalue weighted by Crippen LogP contribution is -2.48. The molecule has 1 fully saturated rings. The van der Waals surface area contributed by atoms with Crippen LogP contribution in [-0.4, -0.2) is 65.8 Å². The van der Waals surface area contributed by atoms with Gasteiger partial charge in [-0.25, -0.2) is 9.37 Å². The Morgan fingerprint density at radius 2 is 1.49 bits per heavy atom. The predicted molar refractivity (Wildman–Crippen MR) is 134 cm³/mol. The fourth-order valence-corrected chi connectivity index (χ4v) is 5.20. The van der Waals surface area contributed by atoms with Crippen LogP contribution < -0.4 is 4.72 Å². The maximum absolute atomic E-state index is 13.5. The van der Waals surface area contributed by atoms with Crippen LogP contribution in [0, 0.1) is 5.82 Å². The highest BCUT2D eigenvalue weighted by Crippen LogP contribution is 2.33. The molecule has 8 nitrogen and oxygen atoms in total. The molecule has 180 valence electrons. The summed E-state index contributed by atoms with van der Waals surface area (Å²) in [6.45, 7) is 2.32. The molecule has 0 saturated carbocycles. The van der Waals surface area contributed by atoms with E-state index in [1.165, 1.54) is 16.4 Å². The van der Waals surface area contributed by atoms with E-state index in [2.05, 4.69) is 19.6 Å². The average Bonchev–Trinajstić information content (AvgIpc) is 3.31. The van der Waals surface area contributed by atoms with Crippen molar-refractivity contribution in [2.75, 3.05) is 37.9 Å². The first-order valence-corrected chi connectivity index (χ1v) is 12.7. The lowest BCUT2D eigenvalue weighted by molar-refractivity contribution is 0.223. The van der Waals surface area contributed by atoms with E-state index < -0.39 is 10.2 Å². The van der Waals surface area contributed by atoms with Crippen molar-refractivity contribution in [3.8, 4) is 33.9 Å². The van der Waals surface area contributed by atoms with Gasteiger partial charge in [-0.2, -0.15) is 12.7 Å². The van der Waals surface area contributed by atoms with Gasteiger partial charge in [0.25, 0.3) is 0 Å². The molecule has 1 saturated heterocycles. The Morgan fingerprint density at radius 3 is 2.14 bits per heavy atom. The number of hydrogen-bond acceptors (Lipinski definition) is 5. The van der Waals surface area contributed by atoms with Crippen molar-refractivity contribution in [2.45, 2.75) is 0 Å². The quantitative estimate of drug-likeness (QED) is 0.426. The molecule has 2 aromatic carbocycles. The first-order chi connectivity index (χ1) is 16.9. The number of pyridine rings is 1. The van der Waals surface area contributed by atoms with Crippen molar-refractivity contribution in [2.24, 2.45) is 0 Å². The third-order valence-electron chi connectivity index (χ3n) is 6.00. The van der Waals surface area contributed by atoms with Crippen LogP contribution in [0.2, 0.25) is 0 Å². The van der Waals surface area contributed by atoms with E-state index in [0.29, 0.717) is 43.4 Å². The highest BCUT2D eigenvalue weighted by Gasteiger charge is 2.25. The molecule has 0 radical (unpaired) electrons. The second kappa shape index (κ2) is 9.57. The standard InChI is InChI=1S/C25H25FN6O2S/c1-31-14-16-32(17-15-31)35(33,34)30-22-8-4-20(5-9-22)25-28-23(18-2-6-21(26)7-3-18)24(29-25)19-10-12-27-13-11-19/h2-13,30H,14-17H2,1H3,(H,28,29). The van der Waals surface area contributed by atoms with Gasteiger partial charge in [0.15, 0.2) is 0 Å². The third kappa shape index (κ3) is 5.09. The summed E-state index contributed by atoms with van der Waals surface area (Å²) in [5.74, 6) is 0.300. The number of rotatable bonds is 6. The minimum Gasteiger partial charge on any atom is -0.337 e. The lowest BCUT2D eigenvalue weighted by Gasteiger charge is -2.31. The van der Waals surface area contributed by atoms with Crippen LogP contribution in [0.4, 0.5) is 10.1 Å². The van der Waals surface area contributed by atoms with E-state index in [0.717, 1.165) is 22.4 Å². The summed E-state index contributed by atoms with van der Waals surface area (Å²) in [5, 5.41) is 0. The summed E-state index contributed by atoms with van der Waals surface area (Å²) in [7, 11) is -1.64. The Balaban J connectivity index is 1.42. The topological polar surface area (TPSA) is 94.2 Å². The summed E-state index contributed by atoms with van der Waals surface area (Å²) in [5.41, 5.74) is 4.41. The van der Waals surface area contributed by atoms with Gasteiger partial charge in [-0.1, -0.05) is 0 Å². The molecule has 0 aliphatic carbocycles. The number of nitrogens with one attached hydrogen (secondary N) is 2. The number of piperazine rings is 1. The Morgan fingerprint density at radius 1 is 0.857 bits per heavy atom. The zero-order valence-corrected chi connectivity index (χ0v) is 20.0. The Labute approximate surface area is 203 Å². The molecule has 35 heavy (non-hydrogen) atoms. The highest BCUT2D eigenvalue weighted by molar-refractivity contribution is 7.90. The van der Waals surface area contributed by atoms with E-state index >= 15 is 0 Å². The van der Waals surface area contributed by atoms with Crippen LogP contribution in [0.1, 0.15) is 0 Å². The molecule has 2 N–H and O–H groups in total. The maximum atomic E-state index is 13.5. The number of anilines is 1. The largest absolute Gasteiger partial charge is 0.337 e. The van der Waals surface area contributed by atoms with Gasteiger partial charge in [0.05, 0.1) is 11.4 Å². The zero-order valence-electron chi connectivity index (χ0n) is 19.1. The minimum atomic E-state index is -3.62.